The van der Waals surface area contributed by atoms with E-state index >= 15 is 0 Å². The Balaban J connectivity index is 0.00000280. The third kappa shape index (κ3) is 6.48. The van der Waals surface area contributed by atoms with Crippen molar-refractivity contribution in [2.24, 2.45) is 10.9 Å². The van der Waals surface area contributed by atoms with Gasteiger partial charge in [-0.15, -0.1) is 24.0 Å². The number of guanidine groups is 1. The largest absolute Gasteiger partial charge is 0.439 e. The zero-order chi connectivity index (χ0) is 19.1. The van der Waals surface area contributed by atoms with Gasteiger partial charge in [0.1, 0.15) is 0 Å². The second-order valence-corrected chi connectivity index (χ2v) is 7.15. The van der Waals surface area contributed by atoms with E-state index in [-0.39, 0.29) is 24.0 Å². The van der Waals surface area contributed by atoms with Crippen molar-refractivity contribution in [3.05, 3.63) is 41.9 Å². The van der Waals surface area contributed by atoms with Gasteiger partial charge in [-0.25, -0.2) is 4.98 Å². The zero-order valence-electron chi connectivity index (χ0n) is 17.0. The SMILES string of the molecule is CN=C(NCc1ncc(-c2ccc(C)cc2)o1)N(C)CCC1CCOCC1.I. The van der Waals surface area contributed by atoms with Crippen molar-refractivity contribution in [3.63, 3.8) is 0 Å². The van der Waals surface area contributed by atoms with Gasteiger partial charge >= 0.3 is 0 Å². The number of aliphatic imine (C=N–C) groups is 1. The predicted molar refractivity (Wildman–Crippen MR) is 123 cm³/mol. The van der Waals surface area contributed by atoms with E-state index in [2.05, 4.69) is 58.4 Å². The Labute approximate surface area is 184 Å². The normalized spacial score (nSPS) is 15.2. The van der Waals surface area contributed by atoms with E-state index < -0.39 is 0 Å². The molecule has 2 heterocycles. The van der Waals surface area contributed by atoms with Gasteiger partial charge in [-0.05, 0) is 32.1 Å². The minimum Gasteiger partial charge on any atom is -0.439 e. The molecule has 0 amide bonds. The molecule has 3 rings (SSSR count). The zero-order valence-corrected chi connectivity index (χ0v) is 19.3. The van der Waals surface area contributed by atoms with Gasteiger partial charge in [0.05, 0.1) is 12.7 Å². The van der Waals surface area contributed by atoms with E-state index in [0.29, 0.717) is 12.4 Å². The van der Waals surface area contributed by atoms with Gasteiger partial charge in [0, 0.05) is 39.4 Å². The molecule has 2 aromatic rings. The number of aromatic nitrogens is 1. The van der Waals surface area contributed by atoms with Crippen molar-refractivity contribution < 1.29 is 9.15 Å². The Morgan fingerprint density at radius 2 is 1.96 bits per heavy atom. The first kappa shape index (κ1) is 22.7. The number of ether oxygens (including phenoxy) is 1. The van der Waals surface area contributed by atoms with Gasteiger partial charge < -0.3 is 19.4 Å². The minimum absolute atomic E-state index is 0. The van der Waals surface area contributed by atoms with Crippen molar-refractivity contribution in [1.82, 2.24) is 15.2 Å². The fraction of sp³-hybridized carbons (Fsp3) is 0.524. The fourth-order valence-electron chi connectivity index (χ4n) is 3.30. The summed E-state index contributed by atoms with van der Waals surface area (Å²) in [5.74, 6) is 3.06. The van der Waals surface area contributed by atoms with Crippen LogP contribution in [0.3, 0.4) is 0 Å². The molecule has 7 heteroatoms. The average molecular weight is 498 g/mol. The molecule has 1 aromatic carbocycles. The molecule has 1 aliphatic heterocycles. The average Bonchev–Trinajstić information content (AvgIpc) is 3.17. The second kappa shape index (κ2) is 11.4. The molecular formula is C21H31IN4O2. The van der Waals surface area contributed by atoms with Gasteiger partial charge in [0.15, 0.2) is 11.7 Å². The van der Waals surface area contributed by atoms with Crippen molar-refractivity contribution >= 4 is 29.9 Å². The number of rotatable bonds is 6. The highest BCUT2D eigenvalue weighted by Gasteiger charge is 2.16. The molecule has 0 saturated carbocycles. The van der Waals surface area contributed by atoms with Crippen molar-refractivity contribution in [2.75, 3.05) is 33.9 Å². The van der Waals surface area contributed by atoms with Crippen molar-refractivity contribution in [1.29, 1.82) is 0 Å². The first-order valence-corrected chi connectivity index (χ1v) is 9.67. The van der Waals surface area contributed by atoms with Gasteiger partial charge in [-0.2, -0.15) is 0 Å². The molecule has 0 aliphatic carbocycles. The Hall–Kier alpha value is -1.61. The lowest BCUT2D eigenvalue weighted by molar-refractivity contribution is 0.0625. The molecule has 1 aromatic heterocycles. The highest BCUT2D eigenvalue weighted by atomic mass is 127. The number of hydrogen-bond acceptors (Lipinski definition) is 4. The summed E-state index contributed by atoms with van der Waals surface area (Å²) in [7, 11) is 3.88. The summed E-state index contributed by atoms with van der Waals surface area (Å²) in [6.45, 7) is 5.36. The summed E-state index contributed by atoms with van der Waals surface area (Å²) in [6.07, 6.45) is 5.27. The van der Waals surface area contributed by atoms with E-state index in [4.69, 9.17) is 9.15 Å². The standard InChI is InChI=1S/C21H30N4O2.HI/c1-16-4-6-18(7-5-16)19-14-23-20(27-19)15-24-21(22-2)25(3)11-8-17-9-12-26-13-10-17;/h4-7,14,17H,8-13,15H2,1-3H3,(H,22,24);1H. The quantitative estimate of drug-likeness (QED) is 0.370. The van der Waals surface area contributed by atoms with Gasteiger partial charge in [-0.1, -0.05) is 29.8 Å². The van der Waals surface area contributed by atoms with Crippen LogP contribution in [0.15, 0.2) is 39.9 Å². The van der Waals surface area contributed by atoms with Crippen LogP contribution >= 0.6 is 24.0 Å². The van der Waals surface area contributed by atoms with Crippen LogP contribution in [0.2, 0.25) is 0 Å². The van der Waals surface area contributed by atoms with Gasteiger partial charge in [0.2, 0.25) is 5.89 Å². The van der Waals surface area contributed by atoms with E-state index in [1.54, 1.807) is 13.2 Å². The summed E-state index contributed by atoms with van der Waals surface area (Å²) in [6, 6.07) is 8.25. The lowest BCUT2D eigenvalue weighted by Crippen LogP contribution is -2.39. The van der Waals surface area contributed by atoms with Crippen molar-refractivity contribution in [3.8, 4) is 11.3 Å². The molecule has 28 heavy (non-hydrogen) atoms. The first-order chi connectivity index (χ1) is 13.2. The number of nitrogens with one attached hydrogen (secondary N) is 1. The van der Waals surface area contributed by atoms with Crippen LogP contribution in [-0.4, -0.2) is 49.7 Å². The summed E-state index contributed by atoms with van der Waals surface area (Å²) in [5, 5.41) is 3.34. The maximum Gasteiger partial charge on any atom is 0.214 e. The predicted octanol–water partition coefficient (Wildman–Crippen LogP) is 4.09. The topological polar surface area (TPSA) is 62.9 Å². The number of benzene rings is 1. The number of halogens is 1. The molecule has 6 nitrogen and oxygen atoms in total. The third-order valence-corrected chi connectivity index (χ3v) is 5.07. The summed E-state index contributed by atoms with van der Waals surface area (Å²) < 4.78 is 11.3. The van der Waals surface area contributed by atoms with Crippen LogP contribution in [-0.2, 0) is 11.3 Å². The lowest BCUT2D eigenvalue weighted by atomic mass is 9.96. The number of hydrogen-bond donors (Lipinski definition) is 1. The van der Waals surface area contributed by atoms with Crippen LogP contribution in [0.1, 0.15) is 30.7 Å². The van der Waals surface area contributed by atoms with Gasteiger partial charge in [0.25, 0.3) is 0 Å². The summed E-state index contributed by atoms with van der Waals surface area (Å²) in [5.41, 5.74) is 2.27. The monoisotopic (exact) mass is 498 g/mol. The van der Waals surface area contributed by atoms with Crippen LogP contribution in [0.5, 0.6) is 0 Å². The number of aryl methyl sites for hydroxylation is 1. The van der Waals surface area contributed by atoms with E-state index in [1.807, 2.05) is 0 Å². The molecule has 1 N–H and O–H groups in total. The van der Waals surface area contributed by atoms with E-state index in [1.165, 1.54) is 5.56 Å². The number of oxazole rings is 1. The molecule has 154 valence electrons. The smallest absolute Gasteiger partial charge is 0.214 e. The van der Waals surface area contributed by atoms with Crippen LogP contribution in [0.25, 0.3) is 11.3 Å². The lowest BCUT2D eigenvalue weighted by Gasteiger charge is -2.26. The van der Waals surface area contributed by atoms with E-state index in [9.17, 15) is 0 Å². The fourth-order valence-corrected chi connectivity index (χ4v) is 3.30. The molecule has 0 spiro atoms. The highest BCUT2D eigenvalue weighted by molar-refractivity contribution is 14.0. The van der Waals surface area contributed by atoms with Gasteiger partial charge in [-0.3, -0.25) is 4.99 Å². The highest BCUT2D eigenvalue weighted by Crippen LogP contribution is 2.21. The van der Waals surface area contributed by atoms with E-state index in [0.717, 1.165) is 62.2 Å². The molecule has 1 fully saturated rings. The first-order valence-electron chi connectivity index (χ1n) is 9.67. The molecule has 1 aliphatic rings. The number of nitrogens with zero attached hydrogens (tertiary/aromatic N) is 3. The summed E-state index contributed by atoms with van der Waals surface area (Å²) >= 11 is 0. The molecule has 0 bridgehead atoms. The maximum absolute atomic E-state index is 5.88. The Morgan fingerprint density at radius 1 is 1.25 bits per heavy atom. The second-order valence-electron chi connectivity index (χ2n) is 7.15. The Bertz CT molecular complexity index is 739. The molecule has 0 radical (unpaired) electrons. The maximum atomic E-state index is 5.88. The van der Waals surface area contributed by atoms with Crippen molar-refractivity contribution in [2.45, 2.75) is 32.7 Å². The minimum atomic E-state index is 0. The molecule has 1 saturated heterocycles. The Morgan fingerprint density at radius 3 is 2.64 bits per heavy atom. The van der Waals surface area contributed by atoms with Crippen LogP contribution in [0, 0.1) is 12.8 Å². The Kier molecular flexibility index (Phi) is 9.24. The molecule has 0 atom stereocenters. The summed E-state index contributed by atoms with van der Waals surface area (Å²) in [4.78, 5) is 10.9. The third-order valence-electron chi connectivity index (χ3n) is 5.07. The molecular weight excluding hydrogens is 467 g/mol. The van der Waals surface area contributed by atoms with Crippen LogP contribution < -0.4 is 5.32 Å². The molecule has 0 unspecified atom stereocenters. The van der Waals surface area contributed by atoms with Crippen LogP contribution in [0.4, 0.5) is 0 Å².